The SMILES string of the molecule is O=c1[nH]c2ccccc2cc1CN1CCC[C@H](c2nc3ccccc3o2)C1. The third kappa shape index (κ3) is 3.15. The van der Waals surface area contributed by atoms with E-state index < -0.39 is 0 Å². The molecule has 0 unspecified atom stereocenters. The normalized spacial score (nSPS) is 18.3. The Labute approximate surface area is 156 Å². The summed E-state index contributed by atoms with van der Waals surface area (Å²) in [5.41, 5.74) is 3.45. The number of para-hydroxylation sites is 3. The molecule has 27 heavy (non-hydrogen) atoms. The van der Waals surface area contributed by atoms with Crippen molar-refractivity contribution in [2.75, 3.05) is 13.1 Å². The highest BCUT2D eigenvalue weighted by molar-refractivity contribution is 5.78. The highest BCUT2D eigenvalue weighted by Gasteiger charge is 2.26. The third-order valence-electron chi connectivity index (χ3n) is 5.39. The summed E-state index contributed by atoms with van der Waals surface area (Å²) in [7, 11) is 0. The van der Waals surface area contributed by atoms with Crippen molar-refractivity contribution < 1.29 is 4.42 Å². The molecule has 4 aromatic rings. The second kappa shape index (κ2) is 6.67. The molecule has 5 nitrogen and oxygen atoms in total. The molecule has 0 radical (unpaired) electrons. The molecule has 2 aromatic heterocycles. The smallest absolute Gasteiger partial charge is 0.252 e. The molecule has 0 saturated carbocycles. The van der Waals surface area contributed by atoms with Gasteiger partial charge in [-0.25, -0.2) is 4.98 Å². The van der Waals surface area contributed by atoms with Gasteiger partial charge in [-0.15, -0.1) is 0 Å². The van der Waals surface area contributed by atoms with E-state index in [4.69, 9.17) is 4.42 Å². The van der Waals surface area contributed by atoms with Gasteiger partial charge in [0.2, 0.25) is 0 Å². The molecule has 1 N–H and O–H groups in total. The molecule has 3 heterocycles. The second-order valence-corrected chi connectivity index (χ2v) is 7.31. The number of hydrogen-bond acceptors (Lipinski definition) is 4. The van der Waals surface area contributed by atoms with E-state index in [2.05, 4.69) is 14.9 Å². The van der Waals surface area contributed by atoms with E-state index in [0.29, 0.717) is 6.54 Å². The van der Waals surface area contributed by atoms with E-state index in [1.807, 2.05) is 54.6 Å². The molecule has 1 fully saturated rings. The van der Waals surface area contributed by atoms with Crippen LogP contribution in [0.1, 0.15) is 30.2 Å². The fourth-order valence-electron chi connectivity index (χ4n) is 4.02. The van der Waals surface area contributed by atoms with E-state index in [-0.39, 0.29) is 11.5 Å². The van der Waals surface area contributed by atoms with Gasteiger partial charge in [0.05, 0.1) is 0 Å². The molecule has 1 saturated heterocycles. The zero-order chi connectivity index (χ0) is 18.2. The van der Waals surface area contributed by atoms with Crippen molar-refractivity contribution >= 4 is 22.0 Å². The Morgan fingerprint density at radius 3 is 2.93 bits per heavy atom. The summed E-state index contributed by atoms with van der Waals surface area (Å²) in [5, 5.41) is 1.07. The quantitative estimate of drug-likeness (QED) is 0.599. The largest absolute Gasteiger partial charge is 0.440 e. The molecular formula is C22H21N3O2. The lowest BCUT2D eigenvalue weighted by Crippen LogP contribution is -2.35. The number of pyridine rings is 1. The topological polar surface area (TPSA) is 62.1 Å². The Kier molecular flexibility index (Phi) is 4.02. The lowest BCUT2D eigenvalue weighted by Gasteiger charge is -2.31. The minimum absolute atomic E-state index is 0.00214. The summed E-state index contributed by atoms with van der Waals surface area (Å²) in [6.45, 7) is 2.50. The molecule has 0 spiro atoms. The average Bonchev–Trinajstić information content (AvgIpc) is 3.13. The molecule has 5 heteroatoms. The van der Waals surface area contributed by atoms with Crippen molar-refractivity contribution in [1.29, 1.82) is 0 Å². The van der Waals surface area contributed by atoms with Crippen molar-refractivity contribution in [1.82, 2.24) is 14.9 Å². The van der Waals surface area contributed by atoms with Crippen LogP contribution in [0.3, 0.4) is 0 Å². The van der Waals surface area contributed by atoms with Crippen LogP contribution in [0.4, 0.5) is 0 Å². The van der Waals surface area contributed by atoms with E-state index in [1.165, 1.54) is 0 Å². The minimum Gasteiger partial charge on any atom is -0.440 e. The number of likely N-dealkylation sites (tertiary alicyclic amines) is 1. The van der Waals surface area contributed by atoms with Gasteiger partial charge in [-0.05, 0) is 49.0 Å². The van der Waals surface area contributed by atoms with Crippen LogP contribution in [-0.4, -0.2) is 28.0 Å². The van der Waals surface area contributed by atoms with Crippen LogP contribution in [0, 0.1) is 0 Å². The molecule has 0 bridgehead atoms. The van der Waals surface area contributed by atoms with E-state index in [0.717, 1.165) is 59.4 Å². The van der Waals surface area contributed by atoms with Gasteiger partial charge >= 0.3 is 0 Å². The number of nitrogens with one attached hydrogen (secondary N) is 1. The first-order chi connectivity index (χ1) is 13.3. The molecule has 136 valence electrons. The Morgan fingerprint density at radius 2 is 2.00 bits per heavy atom. The van der Waals surface area contributed by atoms with Gasteiger partial charge in [0.1, 0.15) is 5.52 Å². The maximum atomic E-state index is 12.5. The molecule has 1 aliphatic heterocycles. The van der Waals surface area contributed by atoms with E-state index in [9.17, 15) is 4.79 Å². The highest BCUT2D eigenvalue weighted by Crippen LogP contribution is 2.29. The number of piperidine rings is 1. The zero-order valence-electron chi connectivity index (χ0n) is 15.0. The van der Waals surface area contributed by atoms with Crippen molar-refractivity contribution in [3.8, 4) is 0 Å². The van der Waals surface area contributed by atoms with Crippen LogP contribution in [0.5, 0.6) is 0 Å². The van der Waals surface area contributed by atoms with Gasteiger partial charge in [-0.3, -0.25) is 9.69 Å². The first kappa shape index (κ1) is 16.3. The zero-order valence-corrected chi connectivity index (χ0v) is 15.0. The van der Waals surface area contributed by atoms with Crippen LogP contribution in [0.15, 0.2) is 63.8 Å². The average molecular weight is 359 g/mol. The van der Waals surface area contributed by atoms with Crippen LogP contribution in [0.25, 0.3) is 22.0 Å². The van der Waals surface area contributed by atoms with E-state index in [1.54, 1.807) is 0 Å². The first-order valence-electron chi connectivity index (χ1n) is 9.45. The van der Waals surface area contributed by atoms with Gasteiger partial charge in [0.15, 0.2) is 11.5 Å². The molecule has 5 rings (SSSR count). The minimum atomic E-state index is -0.00214. The Bertz CT molecular complexity index is 1130. The Morgan fingerprint density at radius 1 is 1.15 bits per heavy atom. The number of aromatic amines is 1. The van der Waals surface area contributed by atoms with Gasteiger partial charge in [0.25, 0.3) is 5.56 Å². The Balaban J connectivity index is 1.38. The number of benzene rings is 2. The lowest BCUT2D eigenvalue weighted by atomic mass is 9.97. The van der Waals surface area contributed by atoms with Gasteiger partial charge in [0, 0.05) is 30.1 Å². The fraction of sp³-hybridized carbons (Fsp3) is 0.273. The van der Waals surface area contributed by atoms with Crippen LogP contribution in [0.2, 0.25) is 0 Å². The maximum absolute atomic E-state index is 12.5. The number of rotatable bonds is 3. The summed E-state index contributed by atoms with van der Waals surface area (Å²) < 4.78 is 5.98. The highest BCUT2D eigenvalue weighted by atomic mass is 16.3. The standard InChI is InChI=1S/C22H21N3O2/c26-21-17(12-15-6-1-2-8-18(15)23-21)14-25-11-5-7-16(13-25)22-24-19-9-3-4-10-20(19)27-22/h1-4,6,8-10,12,16H,5,7,11,13-14H2,(H,23,26)/t16-/m0/s1. The third-order valence-corrected chi connectivity index (χ3v) is 5.39. The van der Waals surface area contributed by atoms with Crippen molar-refractivity contribution in [3.63, 3.8) is 0 Å². The summed E-state index contributed by atoms with van der Waals surface area (Å²) in [6, 6.07) is 17.8. The molecule has 2 aromatic carbocycles. The van der Waals surface area contributed by atoms with E-state index >= 15 is 0 Å². The number of nitrogens with zero attached hydrogens (tertiary/aromatic N) is 2. The van der Waals surface area contributed by atoms with Crippen LogP contribution >= 0.6 is 0 Å². The van der Waals surface area contributed by atoms with Gasteiger partial charge in [-0.2, -0.15) is 0 Å². The second-order valence-electron chi connectivity index (χ2n) is 7.31. The molecular weight excluding hydrogens is 338 g/mol. The summed E-state index contributed by atoms with van der Waals surface area (Å²) in [5.74, 6) is 1.08. The van der Waals surface area contributed by atoms with Crippen molar-refractivity contribution in [3.05, 3.63) is 76.4 Å². The maximum Gasteiger partial charge on any atom is 0.252 e. The first-order valence-corrected chi connectivity index (χ1v) is 9.45. The van der Waals surface area contributed by atoms with Gasteiger partial charge < -0.3 is 9.40 Å². The number of aromatic nitrogens is 2. The predicted octanol–water partition coefficient (Wildman–Crippen LogP) is 4.05. The predicted molar refractivity (Wildman–Crippen MR) is 106 cm³/mol. The lowest BCUT2D eigenvalue weighted by molar-refractivity contribution is 0.187. The summed E-state index contributed by atoms with van der Waals surface area (Å²) >= 11 is 0. The van der Waals surface area contributed by atoms with Gasteiger partial charge in [-0.1, -0.05) is 30.3 Å². The van der Waals surface area contributed by atoms with Crippen LogP contribution < -0.4 is 5.56 Å². The molecule has 0 aliphatic carbocycles. The number of H-pyrrole nitrogens is 1. The van der Waals surface area contributed by atoms with Crippen molar-refractivity contribution in [2.24, 2.45) is 0 Å². The summed E-state index contributed by atoms with van der Waals surface area (Å²) in [4.78, 5) is 22.5. The van der Waals surface area contributed by atoms with Crippen LogP contribution in [-0.2, 0) is 6.54 Å². The fourth-order valence-corrected chi connectivity index (χ4v) is 4.02. The number of oxazole rings is 1. The Hall–Kier alpha value is -2.92. The monoisotopic (exact) mass is 359 g/mol. The molecule has 1 aliphatic rings. The number of fused-ring (bicyclic) bond motifs is 2. The van der Waals surface area contributed by atoms with Crippen molar-refractivity contribution in [2.45, 2.75) is 25.3 Å². The molecule has 0 amide bonds. The summed E-state index contributed by atoms with van der Waals surface area (Å²) in [6.07, 6.45) is 2.15. The number of hydrogen-bond donors (Lipinski definition) is 1. The molecule has 1 atom stereocenters.